The average Bonchev–Trinajstić information content (AvgIpc) is 2.79. The minimum Gasteiger partial charge on any atom is -0.406 e. The summed E-state index contributed by atoms with van der Waals surface area (Å²) in [5.41, 5.74) is 0.0719. The van der Waals surface area contributed by atoms with Gasteiger partial charge in [0.05, 0.1) is 11.3 Å². The van der Waals surface area contributed by atoms with Crippen LogP contribution >= 0.6 is 0 Å². The van der Waals surface area contributed by atoms with Crippen LogP contribution in [0.1, 0.15) is 43.2 Å². The van der Waals surface area contributed by atoms with Gasteiger partial charge < -0.3 is 15.4 Å². The Balaban J connectivity index is 1.70. The smallest absolute Gasteiger partial charge is 0.406 e. The van der Waals surface area contributed by atoms with E-state index in [9.17, 15) is 26.3 Å². The molecule has 4 rings (SSSR count). The standard InChI is InChI=1S/C25H24F6N4O/c1-15-10-11-18(13-20(15)24(26,27)28)32-22-14-21(16-6-5-9-19(12-16)36-25(29,30)31)34-23(35-22)33-17-7-3-2-4-8-17/h5-6,9-14,17H,2-4,7-8H2,1H3,(H2,32,33,34,35). The summed E-state index contributed by atoms with van der Waals surface area (Å²) in [6.07, 6.45) is -4.33. The monoisotopic (exact) mass is 510 g/mol. The van der Waals surface area contributed by atoms with Gasteiger partial charge in [0.15, 0.2) is 0 Å². The minimum atomic E-state index is -4.85. The Morgan fingerprint density at radius 3 is 2.33 bits per heavy atom. The summed E-state index contributed by atoms with van der Waals surface area (Å²) < 4.78 is 82.3. The Morgan fingerprint density at radius 1 is 0.889 bits per heavy atom. The van der Waals surface area contributed by atoms with Crippen LogP contribution in [0.3, 0.4) is 0 Å². The topological polar surface area (TPSA) is 59.1 Å². The first-order chi connectivity index (χ1) is 17.0. The van der Waals surface area contributed by atoms with Crippen molar-refractivity contribution in [3.63, 3.8) is 0 Å². The zero-order chi connectivity index (χ0) is 25.9. The van der Waals surface area contributed by atoms with E-state index in [0.29, 0.717) is 5.56 Å². The third kappa shape index (κ3) is 6.79. The maximum atomic E-state index is 13.4. The molecule has 0 unspecified atom stereocenters. The molecule has 0 amide bonds. The lowest BCUT2D eigenvalue weighted by atomic mass is 9.96. The summed E-state index contributed by atoms with van der Waals surface area (Å²) >= 11 is 0. The zero-order valence-electron chi connectivity index (χ0n) is 19.3. The Bertz CT molecular complexity index is 1210. The largest absolute Gasteiger partial charge is 0.573 e. The van der Waals surface area contributed by atoms with Crippen molar-refractivity contribution in [1.82, 2.24) is 9.97 Å². The van der Waals surface area contributed by atoms with E-state index >= 15 is 0 Å². The summed E-state index contributed by atoms with van der Waals surface area (Å²) in [7, 11) is 0. The molecule has 11 heteroatoms. The van der Waals surface area contributed by atoms with Gasteiger partial charge in [0, 0.05) is 23.4 Å². The van der Waals surface area contributed by atoms with Crippen molar-refractivity contribution < 1.29 is 31.1 Å². The Hall–Kier alpha value is -3.50. The fourth-order valence-corrected chi connectivity index (χ4v) is 4.16. The van der Waals surface area contributed by atoms with Crippen LogP contribution in [-0.4, -0.2) is 22.4 Å². The molecule has 1 aliphatic rings. The molecule has 3 aromatic rings. The number of hydrogen-bond donors (Lipinski definition) is 2. The minimum absolute atomic E-state index is 0.0811. The number of anilines is 3. The number of nitrogens with zero attached hydrogens (tertiary/aromatic N) is 2. The molecule has 1 fully saturated rings. The lowest BCUT2D eigenvalue weighted by molar-refractivity contribution is -0.274. The molecule has 0 saturated heterocycles. The third-order valence-electron chi connectivity index (χ3n) is 5.84. The summed E-state index contributed by atoms with van der Waals surface area (Å²) in [5, 5.41) is 6.14. The molecule has 192 valence electrons. The number of aryl methyl sites for hydroxylation is 1. The van der Waals surface area contributed by atoms with E-state index in [2.05, 4.69) is 25.3 Å². The Morgan fingerprint density at radius 2 is 1.64 bits per heavy atom. The predicted octanol–water partition coefficient (Wildman–Crippen LogP) is 7.86. The first-order valence-electron chi connectivity index (χ1n) is 11.4. The van der Waals surface area contributed by atoms with Crippen LogP contribution in [0.15, 0.2) is 48.5 Å². The first-order valence-corrected chi connectivity index (χ1v) is 11.4. The van der Waals surface area contributed by atoms with Crippen molar-refractivity contribution in [2.24, 2.45) is 0 Å². The molecule has 0 bridgehead atoms. The second-order valence-electron chi connectivity index (χ2n) is 8.67. The molecule has 36 heavy (non-hydrogen) atoms. The molecule has 1 aromatic heterocycles. The van der Waals surface area contributed by atoms with E-state index in [1.165, 1.54) is 43.3 Å². The number of nitrogens with one attached hydrogen (secondary N) is 2. The van der Waals surface area contributed by atoms with Gasteiger partial charge in [-0.05, 0) is 49.6 Å². The quantitative estimate of drug-likeness (QED) is 0.331. The van der Waals surface area contributed by atoms with Crippen LogP contribution < -0.4 is 15.4 Å². The van der Waals surface area contributed by atoms with Crippen LogP contribution in [0.2, 0.25) is 0 Å². The maximum absolute atomic E-state index is 13.4. The van der Waals surface area contributed by atoms with Gasteiger partial charge in [0.2, 0.25) is 5.95 Å². The highest BCUT2D eigenvalue weighted by Gasteiger charge is 2.33. The van der Waals surface area contributed by atoms with E-state index in [4.69, 9.17) is 0 Å². The molecule has 0 spiro atoms. The summed E-state index contributed by atoms with van der Waals surface area (Å²) in [6.45, 7) is 1.37. The lowest BCUT2D eigenvalue weighted by Crippen LogP contribution is -2.23. The molecule has 0 radical (unpaired) electrons. The first kappa shape index (κ1) is 25.6. The molecule has 1 aliphatic carbocycles. The van der Waals surface area contributed by atoms with Crippen LogP contribution in [0.5, 0.6) is 5.75 Å². The van der Waals surface area contributed by atoms with Gasteiger partial charge in [-0.3, -0.25) is 0 Å². The number of benzene rings is 2. The Kier molecular flexibility index (Phi) is 7.28. The number of aromatic nitrogens is 2. The van der Waals surface area contributed by atoms with Crippen LogP contribution in [0.4, 0.5) is 43.8 Å². The van der Waals surface area contributed by atoms with E-state index in [1.54, 1.807) is 6.07 Å². The van der Waals surface area contributed by atoms with E-state index < -0.39 is 23.9 Å². The SMILES string of the molecule is Cc1ccc(Nc2cc(-c3cccc(OC(F)(F)F)c3)nc(NC3CCCCC3)n2)cc1C(F)(F)F. The van der Waals surface area contributed by atoms with Crippen LogP contribution in [0.25, 0.3) is 11.3 Å². The van der Waals surface area contributed by atoms with Gasteiger partial charge in [-0.1, -0.05) is 37.5 Å². The second kappa shape index (κ2) is 10.2. The molecule has 1 heterocycles. The van der Waals surface area contributed by atoms with Gasteiger partial charge in [-0.25, -0.2) is 4.98 Å². The van der Waals surface area contributed by atoms with E-state index in [0.717, 1.165) is 38.2 Å². The Labute approximate surface area is 203 Å². The van der Waals surface area contributed by atoms with Crippen LogP contribution in [0, 0.1) is 6.92 Å². The highest BCUT2D eigenvalue weighted by Crippen LogP contribution is 2.35. The number of hydrogen-bond acceptors (Lipinski definition) is 5. The number of halogens is 6. The van der Waals surface area contributed by atoms with E-state index in [-0.39, 0.29) is 34.8 Å². The fraction of sp³-hybridized carbons (Fsp3) is 0.360. The van der Waals surface area contributed by atoms with Gasteiger partial charge in [0.1, 0.15) is 11.6 Å². The zero-order valence-corrected chi connectivity index (χ0v) is 19.3. The molecule has 0 aliphatic heterocycles. The second-order valence-corrected chi connectivity index (χ2v) is 8.67. The van der Waals surface area contributed by atoms with Crippen molar-refractivity contribution in [1.29, 1.82) is 0 Å². The molecule has 0 atom stereocenters. The fourth-order valence-electron chi connectivity index (χ4n) is 4.16. The predicted molar refractivity (Wildman–Crippen MR) is 124 cm³/mol. The van der Waals surface area contributed by atoms with Gasteiger partial charge in [0.25, 0.3) is 0 Å². The highest BCUT2D eigenvalue weighted by atomic mass is 19.4. The van der Waals surface area contributed by atoms with Gasteiger partial charge in [-0.15, -0.1) is 13.2 Å². The van der Waals surface area contributed by atoms with Crippen molar-refractivity contribution in [3.05, 3.63) is 59.7 Å². The molecule has 5 nitrogen and oxygen atoms in total. The molecular weight excluding hydrogens is 486 g/mol. The number of rotatable bonds is 6. The van der Waals surface area contributed by atoms with Gasteiger partial charge >= 0.3 is 12.5 Å². The van der Waals surface area contributed by atoms with Gasteiger partial charge in [-0.2, -0.15) is 18.2 Å². The number of alkyl halides is 6. The lowest BCUT2D eigenvalue weighted by Gasteiger charge is -2.23. The van der Waals surface area contributed by atoms with E-state index in [1.807, 2.05) is 0 Å². The molecule has 1 saturated carbocycles. The normalized spacial score (nSPS) is 15.0. The van der Waals surface area contributed by atoms with Crippen molar-refractivity contribution in [2.75, 3.05) is 10.6 Å². The summed E-state index contributed by atoms with van der Waals surface area (Å²) in [5.74, 6) is 0.00731. The number of ether oxygens (including phenoxy) is 1. The van der Waals surface area contributed by atoms with Crippen molar-refractivity contribution >= 4 is 17.5 Å². The molecular formula is C25H24F6N4O. The maximum Gasteiger partial charge on any atom is 0.573 e. The highest BCUT2D eigenvalue weighted by molar-refractivity contribution is 5.69. The summed E-state index contributed by atoms with van der Waals surface area (Å²) in [6, 6.07) is 10.8. The third-order valence-corrected chi connectivity index (χ3v) is 5.84. The molecule has 2 N–H and O–H groups in total. The van der Waals surface area contributed by atoms with Crippen molar-refractivity contribution in [3.8, 4) is 17.0 Å². The molecule has 2 aromatic carbocycles. The van der Waals surface area contributed by atoms with Crippen molar-refractivity contribution in [2.45, 2.75) is 57.6 Å². The summed E-state index contributed by atoms with van der Waals surface area (Å²) in [4.78, 5) is 8.89. The average molecular weight is 510 g/mol. The van der Waals surface area contributed by atoms with Crippen LogP contribution in [-0.2, 0) is 6.18 Å².